The molecule has 0 radical (unpaired) electrons. The van der Waals surface area contributed by atoms with Crippen LogP contribution in [0.15, 0.2) is 0 Å². The van der Waals surface area contributed by atoms with Crippen LogP contribution in [0.25, 0.3) is 0 Å². The third kappa shape index (κ3) is 14.1. The predicted molar refractivity (Wildman–Crippen MR) is 89.0 cm³/mol. The Morgan fingerprint density at radius 3 is 1.86 bits per heavy atom. The number of carboxylic acids is 1. The Labute approximate surface area is 135 Å². The SMILES string of the molecule is CCCCCCCCC(=O)C(O)CCCCCCCC(=O)O. The molecule has 2 N–H and O–H groups in total. The van der Waals surface area contributed by atoms with Crippen molar-refractivity contribution in [1.82, 2.24) is 0 Å². The van der Waals surface area contributed by atoms with Crippen LogP contribution < -0.4 is 0 Å². The van der Waals surface area contributed by atoms with Crippen LogP contribution in [-0.2, 0) is 9.59 Å². The number of hydrogen-bond donors (Lipinski definition) is 2. The fraction of sp³-hybridized carbons (Fsp3) is 0.889. The molecule has 22 heavy (non-hydrogen) atoms. The van der Waals surface area contributed by atoms with Crippen molar-refractivity contribution >= 4 is 11.8 Å². The van der Waals surface area contributed by atoms with Gasteiger partial charge in [-0.15, -0.1) is 0 Å². The molecule has 0 aromatic heterocycles. The van der Waals surface area contributed by atoms with Crippen molar-refractivity contribution in [1.29, 1.82) is 0 Å². The second-order valence-corrected chi connectivity index (χ2v) is 6.20. The van der Waals surface area contributed by atoms with E-state index in [4.69, 9.17) is 5.11 Å². The van der Waals surface area contributed by atoms with Crippen LogP contribution in [0.3, 0.4) is 0 Å². The minimum atomic E-state index is -0.797. The fourth-order valence-electron chi connectivity index (χ4n) is 2.55. The van der Waals surface area contributed by atoms with Crippen LogP contribution in [0.2, 0.25) is 0 Å². The van der Waals surface area contributed by atoms with Gasteiger partial charge in [-0.2, -0.15) is 0 Å². The summed E-state index contributed by atoms with van der Waals surface area (Å²) in [6.45, 7) is 2.19. The smallest absolute Gasteiger partial charge is 0.303 e. The summed E-state index contributed by atoms with van der Waals surface area (Å²) < 4.78 is 0. The van der Waals surface area contributed by atoms with Crippen molar-refractivity contribution in [3.63, 3.8) is 0 Å². The maximum atomic E-state index is 11.8. The molecule has 0 heterocycles. The molecule has 0 spiro atoms. The number of unbranched alkanes of at least 4 members (excludes halogenated alkanes) is 9. The molecule has 0 rings (SSSR count). The largest absolute Gasteiger partial charge is 0.481 e. The van der Waals surface area contributed by atoms with E-state index in [1.54, 1.807) is 0 Å². The zero-order chi connectivity index (χ0) is 16.6. The van der Waals surface area contributed by atoms with Crippen LogP contribution in [-0.4, -0.2) is 28.1 Å². The van der Waals surface area contributed by atoms with Gasteiger partial charge in [0.2, 0.25) is 0 Å². The van der Waals surface area contributed by atoms with Gasteiger partial charge in [-0.1, -0.05) is 64.7 Å². The van der Waals surface area contributed by atoms with E-state index in [0.717, 1.165) is 44.9 Å². The summed E-state index contributed by atoms with van der Waals surface area (Å²) >= 11 is 0. The average Bonchev–Trinajstić information content (AvgIpc) is 2.49. The van der Waals surface area contributed by atoms with Gasteiger partial charge >= 0.3 is 5.97 Å². The summed E-state index contributed by atoms with van der Waals surface area (Å²) in [6.07, 6.45) is 11.8. The van der Waals surface area contributed by atoms with Crippen molar-refractivity contribution in [3.8, 4) is 0 Å². The molecule has 0 saturated heterocycles. The molecule has 0 aromatic carbocycles. The number of Topliss-reactive ketones (excluding diaryl/α,β-unsaturated/α-hetero) is 1. The number of hydrogen-bond acceptors (Lipinski definition) is 3. The normalized spacial score (nSPS) is 12.3. The first-order valence-electron chi connectivity index (χ1n) is 9.00. The number of aliphatic hydroxyl groups is 1. The van der Waals surface area contributed by atoms with E-state index < -0.39 is 12.1 Å². The Kier molecular flexibility index (Phi) is 14.4. The Hall–Kier alpha value is -0.900. The van der Waals surface area contributed by atoms with Gasteiger partial charge in [-0.3, -0.25) is 9.59 Å². The topological polar surface area (TPSA) is 74.6 Å². The maximum Gasteiger partial charge on any atom is 0.303 e. The quantitative estimate of drug-likeness (QED) is 0.412. The first-order chi connectivity index (χ1) is 10.6. The first-order valence-corrected chi connectivity index (χ1v) is 9.00. The van der Waals surface area contributed by atoms with Gasteiger partial charge in [0.25, 0.3) is 0 Å². The summed E-state index contributed by atoms with van der Waals surface area (Å²) in [6, 6.07) is 0. The lowest BCUT2D eigenvalue weighted by Gasteiger charge is -2.09. The summed E-state index contributed by atoms with van der Waals surface area (Å²) in [5.74, 6) is -0.753. The van der Waals surface area contributed by atoms with E-state index in [1.807, 2.05) is 0 Å². The van der Waals surface area contributed by atoms with Crippen LogP contribution in [0.5, 0.6) is 0 Å². The number of aliphatic hydroxyl groups excluding tert-OH is 1. The highest BCUT2D eigenvalue weighted by Crippen LogP contribution is 2.12. The number of aliphatic carboxylic acids is 1. The molecular formula is C18H34O4. The molecule has 130 valence electrons. The number of rotatable bonds is 16. The molecule has 0 aliphatic carbocycles. The highest BCUT2D eigenvalue weighted by atomic mass is 16.4. The van der Waals surface area contributed by atoms with E-state index >= 15 is 0 Å². The lowest BCUT2D eigenvalue weighted by molar-refractivity contribution is -0.137. The molecule has 0 fully saturated rings. The molecule has 1 atom stereocenters. The zero-order valence-corrected chi connectivity index (χ0v) is 14.2. The van der Waals surface area contributed by atoms with Gasteiger partial charge in [-0.25, -0.2) is 0 Å². The van der Waals surface area contributed by atoms with Crippen LogP contribution >= 0.6 is 0 Å². The van der Waals surface area contributed by atoms with Gasteiger partial charge in [0.15, 0.2) is 5.78 Å². The maximum absolute atomic E-state index is 11.8. The standard InChI is InChI=1S/C18H34O4/c1-2-3-4-5-7-10-13-16(19)17(20)14-11-8-6-9-12-15-18(21)22/h17,20H,2-15H2,1H3,(H,21,22). The molecule has 0 saturated carbocycles. The molecule has 0 bridgehead atoms. The minimum absolute atomic E-state index is 0.0126. The summed E-state index contributed by atoms with van der Waals surface area (Å²) in [7, 11) is 0. The molecule has 4 heteroatoms. The summed E-state index contributed by atoms with van der Waals surface area (Å²) in [4.78, 5) is 22.1. The Bertz CT molecular complexity index is 289. The number of carbonyl (C=O) groups excluding carboxylic acids is 1. The van der Waals surface area contributed by atoms with Crippen molar-refractivity contribution in [2.24, 2.45) is 0 Å². The van der Waals surface area contributed by atoms with Crippen molar-refractivity contribution in [2.75, 3.05) is 0 Å². The van der Waals surface area contributed by atoms with Gasteiger partial charge < -0.3 is 10.2 Å². The van der Waals surface area contributed by atoms with E-state index in [-0.39, 0.29) is 12.2 Å². The van der Waals surface area contributed by atoms with Gasteiger partial charge in [-0.05, 0) is 19.3 Å². The third-order valence-electron chi connectivity index (χ3n) is 4.02. The monoisotopic (exact) mass is 314 g/mol. The predicted octanol–water partition coefficient (Wildman–Crippen LogP) is 4.48. The Balaban J connectivity index is 3.40. The fourth-order valence-corrected chi connectivity index (χ4v) is 2.55. The van der Waals surface area contributed by atoms with Crippen molar-refractivity contribution < 1.29 is 19.8 Å². The van der Waals surface area contributed by atoms with Crippen LogP contribution in [0, 0.1) is 0 Å². The highest BCUT2D eigenvalue weighted by Gasteiger charge is 2.13. The Morgan fingerprint density at radius 2 is 1.27 bits per heavy atom. The highest BCUT2D eigenvalue weighted by molar-refractivity contribution is 5.82. The van der Waals surface area contributed by atoms with Gasteiger partial charge in [0.05, 0.1) is 0 Å². The summed E-state index contributed by atoms with van der Waals surface area (Å²) in [5, 5.41) is 18.3. The number of carboxylic acid groups (broad SMARTS) is 1. The molecule has 0 amide bonds. The van der Waals surface area contributed by atoms with Crippen molar-refractivity contribution in [2.45, 2.75) is 103 Å². The van der Waals surface area contributed by atoms with Crippen molar-refractivity contribution in [3.05, 3.63) is 0 Å². The van der Waals surface area contributed by atoms with E-state index in [9.17, 15) is 14.7 Å². The minimum Gasteiger partial charge on any atom is -0.481 e. The number of carbonyl (C=O) groups is 2. The molecule has 0 aromatic rings. The lowest BCUT2D eigenvalue weighted by atomic mass is 10.0. The van der Waals surface area contributed by atoms with Crippen LogP contribution in [0.4, 0.5) is 0 Å². The van der Waals surface area contributed by atoms with Crippen LogP contribution in [0.1, 0.15) is 96.8 Å². The second kappa shape index (κ2) is 15.0. The van der Waals surface area contributed by atoms with Gasteiger partial charge in [0.1, 0.15) is 6.10 Å². The third-order valence-corrected chi connectivity index (χ3v) is 4.02. The molecule has 1 unspecified atom stereocenters. The molecule has 0 aliphatic heterocycles. The molecular weight excluding hydrogens is 280 g/mol. The van der Waals surface area contributed by atoms with E-state index in [2.05, 4.69) is 6.92 Å². The molecule has 4 nitrogen and oxygen atoms in total. The average molecular weight is 314 g/mol. The van der Waals surface area contributed by atoms with E-state index in [1.165, 1.54) is 25.7 Å². The van der Waals surface area contributed by atoms with E-state index in [0.29, 0.717) is 12.8 Å². The summed E-state index contributed by atoms with van der Waals surface area (Å²) in [5.41, 5.74) is 0. The second-order valence-electron chi connectivity index (χ2n) is 6.20. The first kappa shape index (κ1) is 21.1. The zero-order valence-electron chi connectivity index (χ0n) is 14.2. The van der Waals surface area contributed by atoms with Gasteiger partial charge in [0, 0.05) is 12.8 Å². The number of ketones is 1. The lowest BCUT2D eigenvalue weighted by Crippen LogP contribution is -2.19. The Morgan fingerprint density at radius 1 is 0.773 bits per heavy atom. The molecule has 0 aliphatic rings.